The van der Waals surface area contributed by atoms with Gasteiger partial charge in [0, 0.05) is 37.4 Å². The van der Waals surface area contributed by atoms with E-state index in [1.807, 2.05) is 18.2 Å². The number of benzene rings is 1. The number of para-hydroxylation sites is 1. The third kappa shape index (κ3) is 3.33. The van der Waals surface area contributed by atoms with Crippen molar-refractivity contribution in [2.45, 2.75) is 43.8 Å². The van der Waals surface area contributed by atoms with Gasteiger partial charge in [-0.3, -0.25) is 4.90 Å². The van der Waals surface area contributed by atoms with Crippen LogP contribution in [0.25, 0.3) is 16.6 Å². The van der Waals surface area contributed by atoms with Gasteiger partial charge in [0.15, 0.2) is 11.5 Å². The van der Waals surface area contributed by atoms with Crippen LogP contribution >= 0.6 is 0 Å². The molecule has 30 heavy (non-hydrogen) atoms. The first kappa shape index (κ1) is 19.4. The lowest BCUT2D eigenvalue weighted by Gasteiger charge is -2.40. The van der Waals surface area contributed by atoms with E-state index >= 15 is 0 Å². The fraction of sp³-hybridized carbons (Fsp3) is 0.550. The molecule has 0 radical (unpaired) electrons. The van der Waals surface area contributed by atoms with Crippen LogP contribution in [0.4, 0.5) is 14.7 Å². The Morgan fingerprint density at radius 3 is 2.80 bits per heavy atom. The highest BCUT2D eigenvalue weighted by molar-refractivity contribution is 5.95. The molecule has 5 rings (SSSR count). The van der Waals surface area contributed by atoms with E-state index in [0.717, 1.165) is 11.9 Å². The topological polar surface area (TPSA) is 90.8 Å². The van der Waals surface area contributed by atoms with Crippen molar-refractivity contribution in [2.24, 2.45) is 0 Å². The quantitative estimate of drug-likeness (QED) is 0.699. The normalized spacial score (nSPS) is 23.2. The summed E-state index contributed by atoms with van der Waals surface area (Å²) >= 11 is 0. The molecule has 1 unspecified atom stereocenters. The molecule has 1 atom stereocenters. The molecule has 0 amide bonds. The Hall–Kier alpha value is -2.59. The molecule has 3 heterocycles. The number of nitrogen functional groups attached to an aromatic ring is 1. The Morgan fingerprint density at radius 2 is 2.03 bits per heavy atom. The summed E-state index contributed by atoms with van der Waals surface area (Å²) in [5.41, 5.74) is 7.34. The monoisotopic (exact) mass is 418 g/mol. The van der Waals surface area contributed by atoms with E-state index < -0.39 is 5.92 Å². The lowest BCUT2D eigenvalue weighted by atomic mass is 9.90. The third-order valence-electron chi connectivity index (χ3n) is 6.12. The number of morpholine rings is 1. The number of halogens is 2. The first-order valence-electron chi connectivity index (χ1n) is 10.2. The summed E-state index contributed by atoms with van der Waals surface area (Å²) in [6.07, 6.45) is 0.547. The van der Waals surface area contributed by atoms with Crippen LogP contribution in [0.2, 0.25) is 0 Å². The standard InChI is InChI=1S/C20H24F2N6O2/c1-29-14-4-2-3-13-16(14)24-19(23)28-18(13)25-17(26-28)15-11-27(9-10-30-15)12-5-7-20(21,22)8-6-12/h2-4,12,15H,5-11H2,1H3,(H2,23,24). The van der Waals surface area contributed by atoms with Crippen LogP contribution in [-0.2, 0) is 4.74 Å². The lowest BCUT2D eigenvalue weighted by Crippen LogP contribution is -2.47. The molecule has 0 spiro atoms. The van der Waals surface area contributed by atoms with Crippen molar-refractivity contribution in [3.05, 3.63) is 24.0 Å². The smallest absolute Gasteiger partial charge is 0.248 e. The molecule has 1 aromatic carbocycles. The number of nitrogens with zero attached hydrogens (tertiary/aromatic N) is 5. The van der Waals surface area contributed by atoms with Crippen LogP contribution in [0.1, 0.15) is 37.6 Å². The van der Waals surface area contributed by atoms with Crippen molar-refractivity contribution in [3.63, 3.8) is 0 Å². The number of anilines is 1. The summed E-state index contributed by atoms with van der Waals surface area (Å²) in [7, 11) is 1.58. The van der Waals surface area contributed by atoms with E-state index in [0.29, 0.717) is 48.7 Å². The summed E-state index contributed by atoms with van der Waals surface area (Å²) in [6.45, 7) is 1.81. The molecular formula is C20H24F2N6O2. The van der Waals surface area contributed by atoms with Gasteiger partial charge in [-0.25, -0.2) is 18.7 Å². The molecule has 2 N–H and O–H groups in total. The molecule has 3 aromatic rings. The zero-order valence-electron chi connectivity index (χ0n) is 16.7. The van der Waals surface area contributed by atoms with E-state index in [4.69, 9.17) is 20.2 Å². The van der Waals surface area contributed by atoms with E-state index in [1.165, 1.54) is 4.52 Å². The van der Waals surface area contributed by atoms with Gasteiger partial charge < -0.3 is 15.2 Å². The zero-order valence-corrected chi connectivity index (χ0v) is 16.7. The number of rotatable bonds is 3. The van der Waals surface area contributed by atoms with Crippen molar-refractivity contribution in [3.8, 4) is 5.75 Å². The molecule has 2 aromatic heterocycles. The summed E-state index contributed by atoms with van der Waals surface area (Å²) < 4.78 is 39.9. The van der Waals surface area contributed by atoms with E-state index in [2.05, 4.69) is 15.0 Å². The van der Waals surface area contributed by atoms with Crippen molar-refractivity contribution in [2.75, 3.05) is 32.5 Å². The molecule has 2 aliphatic rings. The van der Waals surface area contributed by atoms with E-state index in [1.54, 1.807) is 7.11 Å². The van der Waals surface area contributed by atoms with Crippen LogP contribution in [0.5, 0.6) is 5.75 Å². The number of fused-ring (bicyclic) bond motifs is 3. The van der Waals surface area contributed by atoms with Crippen LogP contribution in [0.3, 0.4) is 0 Å². The second-order valence-corrected chi connectivity index (χ2v) is 7.97. The molecule has 1 aliphatic heterocycles. The Morgan fingerprint density at radius 1 is 1.23 bits per heavy atom. The van der Waals surface area contributed by atoms with Gasteiger partial charge in [0.25, 0.3) is 0 Å². The first-order valence-corrected chi connectivity index (χ1v) is 10.2. The molecule has 0 bridgehead atoms. The molecule has 1 saturated heterocycles. The Balaban J connectivity index is 1.44. The Kier molecular flexibility index (Phi) is 4.70. The molecule has 10 heteroatoms. The average molecular weight is 418 g/mol. The van der Waals surface area contributed by atoms with Crippen LogP contribution < -0.4 is 10.5 Å². The van der Waals surface area contributed by atoms with Crippen molar-refractivity contribution < 1.29 is 18.3 Å². The minimum absolute atomic E-state index is 0.0532. The SMILES string of the molecule is COc1cccc2c1nc(N)n1nc(C3CN(C4CCC(F)(F)CC4)CCO3)nc21. The second kappa shape index (κ2) is 7.28. The summed E-state index contributed by atoms with van der Waals surface area (Å²) in [5, 5.41) is 5.33. The second-order valence-electron chi connectivity index (χ2n) is 7.97. The number of nitrogens with two attached hydrogens (primary N) is 1. The van der Waals surface area contributed by atoms with Gasteiger partial charge in [0.1, 0.15) is 17.4 Å². The predicted molar refractivity (Wildman–Crippen MR) is 107 cm³/mol. The fourth-order valence-corrected chi connectivity index (χ4v) is 4.49. The largest absolute Gasteiger partial charge is 0.494 e. The maximum absolute atomic E-state index is 13.5. The third-order valence-corrected chi connectivity index (χ3v) is 6.12. The number of alkyl halides is 2. The summed E-state index contributed by atoms with van der Waals surface area (Å²) in [5.74, 6) is -1.19. The average Bonchev–Trinajstić information content (AvgIpc) is 3.20. The molecule has 2 fully saturated rings. The minimum Gasteiger partial charge on any atom is -0.494 e. The van der Waals surface area contributed by atoms with E-state index in [-0.39, 0.29) is 30.9 Å². The molecule has 1 aliphatic carbocycles. The highest BCUT2D eigenvalue weighted by Crippen LogP contribution is 2.36. The van der Waals surface area contributed by atoms with Crippen molar-refractivity contribution in [1.82, 2.24) is 24.5 Å². The highest BCUT2D eigenvalue weighted by atomic mass is 19.3. The van der Waals surface area contributed by atoms with Crippen LogP contribution in [0.15, 0.2) is 18.2 Å². The summed E-state index contributed by atoms with van der Waals surface area (Å²) in [6, 6.07) is 5.72. The molecular weight excluding hydrogens is 394 g/mol. The van der Waals surface area contributed by atoms with Gasteiger partial charge in [-0.05, 0) is 25.0 Å². The summed E-state index contributed by atoms with van der Waals surface area (Å²) in [4.78, 5) is 11.4. The van der Waals surface area contributed by atoms with Crippen molar-refractivity contribution >= 4 is 22.5 Å². The first-order chi connectivity index (χ1) is 14.4. The molecule has 160 valence electrons. The molecule has 8 nitrogen and oxygen atoms in total. The van der Waals surface area contributed by atoms with Gasteiger partial charge in [-0.1, -0.05) is 6.07 Å². The number of hydrogen-bond donors (Lipinski definition) is 1. The number of hydrogen-bond acceptors (Lipinski definition) is 7. The fourth-order valence-electron chi connectivity index (χ4n) is 4.49. The van der Waals surface area contributed by atoms with Gasteiger partial charge >= 0.3 is 0 Å². The number of methoxy groups -OCH3 is 1. The maximum Gasteiger partial charge on any atom is 0.248 e. The highest BCUT2D eigenvalue weighted by Gasteiger charge is 2.38. The maximum atomic E-state index is 13.5. The number of aromatic nitrogens is 4. The van der Waals surface area contributed by atoms with Crippen molar-refractivity contribution in [1.29, 1.82) is 0 Å². The van der Waals surface area contributed by atoms with Gasteiger partial charge in [-0.15, -0.1) is 5.10 Å². The van der Waals surface area contributed by atoms with Gasteiger partial charge in [0.2, 0.25) is 11.9 Å². The Bertz CT molecular complexity index is 1080. The van der Waals surface area contributed by atoms with Gasteiger partial charge in [0.05, 0.1) is 13.7 Å². The minimum atomic E-state index is -2.53. The lowest BCUT2D eigenvalue weighted by molar-refractivity contribution is -0.0849. The number of ether oxygens (including phenoxy) is 2. The molecule has 1 saturated carbocycles. The zero-order chi connectivity index (χ0) is 20.9. The van der Waals surface area contributed by atoms with Crippen LogP contribution in [-0.4, -0.2) is 63.3 Å². The van der Waals surface area contributed by atoms with Gasteiger partial charge in [-0.2, -0.15) is 4.52 Å². The predicted octanol–water partition coefficient (Wildman–Crippen LogP) is 2.82. The van der Waals surface area contributed by atoms with Crippen LogP contribution in [0, 0.1) is 0 Å². The van der Waals surface area contributed by atoms with E-state index in [9.17, 15) is 8.78 Å². The Labute approximate surface area is 172 Å².